The Hall–Kier alpha value is -1.09. The monoisotopic (exact) mass is 222 g/mol. The molecule has 3 heteroatoms. The minimum atomic E-state index is 0.372. The minimum Gasteiger partial charge on any atom is -0.456 e. The SMILES string of the molecule is O=Cc1ccc(COCC2CCCCC2)o1. The van der Waals surface area contributed by atoms with E-state index in [0.29, 0.717) is 24.6 Å². The van der Waals surface area contributed by atoms with Gasteiger partial charge in [0.25, 0.3) is 0 Å². The summed E-state index contributed by atoms with van der Waals surface area (Å²) in [4.78, 5) is 10.4. The molecule has 3 nitrogen and oxygen atoms in total. The van der Waals surface area contributed by atoms with Crippen molar-refractivity contribution in [2.45, 2.75) is 38.7 Å². The van der Waals surface area contributed by atoms with Gasteiger partial charge in [-0.1, -0.05) is 19.3 Å². The Labute approximate surface area is 95.8 Å². The molecule has 1 aromatic rings. The van der Waals surface area contributed by atoms with Crippen molar-refractivity contribution in [1.82, 2.24) is 0 Å². The van der Waals surface area contributed by atoms with Crippen molar-refractivity contribution in [2.24, 2.45) is 5.92 Å². The summed E-state index contributed by atoms with van der Waals surface area (Å²) in [5.41, 5.74) is 0. The van der Waals surface area contributed by atoms with Crippen LogP contribution >= 0.6 is 0 Å². The molecule has 1 heterocycles. The molecule has 0 atom stereocenters. The molecule has 1 fully saturated rings. The Bertz CT molecular complexity index is 324. The van der Waals surface area contributed by atoms with Gasteiger partial charge >= 0.3 is 0 Å². The zero-order valence-corrected chi connectivity index (χ0v) is 9.48. The van der Waals surface area contributed by atoms with E-state index in [1.54, 1.807) is 12.1 Å². The Kier molecular flexibility index (Phi) is 4.17. The number of hydrogen-bond donors (Lipinski definition) is 0. The van der Waals surface area contributed by atoms with Gasteiger partial charge in [0.1, 0.15) is 12.4 Å². The van der Waals surface area contributed by atoms with Crippen molar-refractivity contribution in [3.8, 4) is 0 Å². The Balaban J connectivity index is 1.68. The fourth-order valence-electron chi connectivity index (χ4n) is 2.22. The number of carbonyl (C=O) groups excluding carboxylic acids is 1. The Morgan fingerprint density at radius 3 is 2.81 bits per heavy atom. The lowest BCUT2D eigenvalue weighted by Gasteiger charge is -2.20. The fraction of sp³-hybridized carbons (Fsp3) is 0.615. The van der Waals surface area contributed by atoms with E-state index in [4.69, 9.17) is 9.15 Å². The molecule has 1 aliphatic carbocycles. The lowest BCUT2D eigenvalue weighted by molar-refractivity contribution is 0.0631. The van der Waals surface area contributed by atoms with E-state index in [-0.39, 0.29) is 0 Å². The molecular weight excluding hydrogens is 204 g/mol. The van der Waals surface area contributed by atoms with Crippen LogP contribution in [0.25, 0.3) is 0 Å². The second-order valence-corrected chi connectivity index (χ2v) is 4.44. The molecule has 16 heavy (non-hydrogen) atoms. The number of carbonyl (C=O) groups is 1. The van der Waals surface area contributed by atoms with E-state index in [9.17, 15) is 4.79 Å². The zero-order valence-electron chi connectivity index (χ0n) is 9.48. The quantitative estimate of drug-likeness (QED) is 0.718. The van der Waals surface area contributed by atoms with Gasteiger partial charge in [0, 0.05) is 6.61 Å². The molecule has 0 aliphatic heterocycles. The zero-order chi connectivity index (χ0) is 11.2. The summed E-state index contributed by atoms with van der Waals surface area (Å²) in [6.45, 7) is 1.29. The Morgan fingerprint density at radius 1 is 1.31 bits per heavy atom. The summed E-state index contributed by atoms with van der Waals surface area (Å²) >= 11 is 0. The van der Waals surface area contributed by atoms with E-state index in [0.717, 1.165) is 12.4 Å². The summed E-state index contributed by atoms with van der Waals surface area (Å²) in [6.07, 6.45) is 7.34. The normalized spacial score (nSPS) is 17.5. The summed E-state index contributed by atoms with van der Waals surface area (Å²) in [6, 6.07) is 3.47. The van der Waals surface area contributed by atoms with Gasteiger partial charge in [-0.05, 0) is 30.9 Å². The molecule has 0 spiro atoms. The number of aldehydes is 1. The van der Waals surface area contributed by atoms with Gasteiger partial charge in [0.2, 0.25) is 0 Å². The van der Waals surface area contributed by atoms with Crippen LogP contribution in [0.4, 0.5) is 0 Å². The van der Waals surface area contributed by atoms with Gasteiger partial charge < -0.3 is 9.15 Å². The third-order valence-corrected chi connectivity index (χ3v) is 3.12. The average Bonchev–Trinajstić information content (AvgIpc) is 2.78. The molecule has 0 amide bonds. The first-order valence-corrected chi connectivity index (χ1v) is 6.00. The second-order valence-electron chi connectivity index (χ2n) is 4.44. The summed E-state index contributed by atoms with van der Waals surface area (Å²) in [5.74, 6) is 1.82. The molecule has 0 radical (unpaired) electrons. The first-order valence-electron chi connectivity index (χ1n) is 6.00. The lowest BCUT2D eigenvalue weighted by Crippen LogP contribution is -2.13. The average molecular weight is 222 g/mol. The maximum atomic E-state index is 10.4. The second kappa shape index (κ2) is 5.85. The van der Waals surface area contributed by atoms with Gasteiger partial charge in [0.15, 0.2) is 12.0 Å². The van der Waals surface area contributed by atoms with Gasteiger partial charge in [-0.15, -0.1) is 0 Å². The van der Waals surface area contributed by atoms with Crippen LogP contribution in [0.3, 0.4) is 0 Å². The predicted molar refractivity (Wildman–Crippen MR) is 60.3 cm³/mol. The third-order valence-electron chi connectivity index (χ3n) is 3.12. The molecule has 88 valence electrons. The van der Waals surface area contributed by atoms with E-state index in [2.05, 4.69) is 0 Å². The van der Waals surface area contributed by atoms with Crippen molar-refractivity contribution in [3.05, 3.63) is 23.7 Å². The van der Waals surface area contributed by atoms with Crippen LogP contribution in [0.5, 0.6) is 0 Å². The van der Waals surface area contributed by atoms with Crippen molar-refractivity contribution in [1.29, 1.82) is 0 Å². The van der Waals surface area contributed by atoms with Crippen LogP contribution in [-0.4, -0.2) is 12.9 Å². The lowest BCUT2D eigenvalue weighted by atomic mass is 9.90. The van der Waals surface area contributed by atoms with Crippen molar-refractivity contribution in [2.75, 3.05) is 6.61 Å². The van der Waals surface area contributed by atoms with Gasteiger partial charge in [-0.3, -0.25) is 4.79 Å². The molecular formula is C13H18O3. The smallest absolute Gasteiger partial charge is 0.185 e. The number of ether oxygens (including phenoxy) is 1. The van der Waals surface area contributed by atoms with Crippen LogP contribution in [0.2, 0.25) is 0 Å². The van der Waals surface area contributed by atoms with E-state index in [1.165, 1.54) is 32.1 Å². The maximum Gasteiger partial charge on any atom is 0.185 e. The summed E-state index contributed by atoms with van der Waals surface area (Å²) in [5, 5.41) is 0. The minimum absolute atomic E-state index is 0.372. The predicted octanol–water partition coefficient (Wildman–Crippen LogP) is 3.19. The molecule has 1 aromatic heterocycles. The van der Waals surface area contributed by atoms with E-state index in [1.807, 2.05) is 0 Å². The Morgan fingerprint density at radius 2 is 2.12 bits per heavy atom. The van der Waals surface area contributed by atoms with Gasteiger partial charge in [-0.2, -0.15) is 0 Å². The highest BCUT2D eigenvalue weighted by molar-refractivity contribution is 5.70. The largest absolute Gasteiger partial charge is 0.456 e. The molecule has 1 aliphatic rings. The molecule has 0 unspecified atom stereocenters. The number of furan rings is 1. The van der Waals surface area contributed by atoms with Crippen LogP contribution < -0.4 is 0 Å². The third kappa shape index (κ3) is 3.20. The van der Waals surface area contributed by atoms with Crippen molar-refractivity contribution in [3.63, 3.8) is 0 Å². The maximum absolute atomic E-state index is 10.4. The van der Waals surface area contributed by atoms with Crippen LogP contribution in [-0.2, 0) is 11.3 Å². The molecule has 1 saturated carbocycles. The van der Waals surface area contributed by atoms with E-state index >= 15 is 0 Å². The highest BCUT2D eigenvalue weighted by Gasteiger charge is 2.13. The van der Waals surface area contributed by atoms with Crippen molar-refractivity contribution >= 4 is 6.29 Å². The topological polar surface area (TPSA) is 39.4 Å². The van der Waals surface area contributed by atoms with Crippen LogP contribution in [0, 0.1) is 5.92 Å². The van der Waals surface area contributed by atoms with Crippen LogP contribution in [0.15, 0.2) is 16.5 Å². The van der Waals surface area contributed by atoms with Gasteiger partial charge in [0.05, 0.1) is 0 Å². The first kappa shape index (κ1) is 11.4. The standard InChI is InChI=1S/C13H18O3/c14-8-12-6-7-13(16-12)10-15-9-11-4-2-1-3-5-11/h6-8,11H,1-5,9-10H2. The molecule has 0 bridgehead atoms. The molecule has 0 N–H and O–H groups in total. The molecule has 2 rings (SSSR count). The highest BCUT2D eigenvalue weighted by Crippen LogP contribution is 2.24. The number of rotatable bonds is 5. The van der Waals surface area contributed by atoms with E-state index < -0.39 is 0 Å². The van der Waals surface area contributed by atoms with Crippen molar-refractivity contribution < 1.29 is 13.9 Å². The molecule has 0 aromatic carbocycles. The first-order chi connectivity index (χ1) is 7.88. The summed E-state index contributed by atoms with van der Waals surface area (Å²) < 4.78 is 10.8. The molecule has 0 saturated heterocycles. The van der Waals surface area contributed by atoms with Crippen LogP contribution in [0.1, 0.15) is 48.4 Å². The van der Waals surface area contributed by atoms with Gasteiger partial charge in [-0.25, -0.2) is 0 Å². The highest BCUT2D eigenvalue weighted by atomic mass is 16.5. The fourth-order valence-corrected chi connectivity index (χ4v) is 2.22. The summed E-state index contributed by atoms with van der Waals surface area (Å²) in [7, 11) is 0. The number of hydrogen-bond acceptors (Lipinski definition) is 3.